The van der Waals surface area contributed by atoms with E-state index >= 15 is 0 Å². The summed E-state index contributed by atoms with van der Waals surface area (Å²) in [5.41, 5.74) is 5.20. The molecule has 0 aliphatic rings. The first-order chi connectivity index (χ1) is 7.97. The summed E-state index contributed by atoms with van der Waals surface area (Å²) in [6, 6.07) is 3.11. The molecule has 1 aromatic rings. The number of halogens is 2. The topological polar surface area (TPSA) is 72.2 Å². The van der Waals surface area contributed by atoms with Crippen LogP contribution in [0, 0.1) is 5.82 Å². The number of rotatable bonds is 5. The Morgan fingerprint density at radius 2 is 2.12 bits per heavy atom. The summed E-state index contributed by atoms with van der Waals surface area (Å²) in [6.45, 7) is 0.437. The van der Waals surface area contributed by atoms with Gasteiger partial charge in [-0.15, -0.1) is 0 Å². The highest BCUT2D eigenvalue weighted by atomic mass is 35.5. The molecule has 0 saturated carbocycles. The van der Waals surface area contributed by atoms with Gasteiger partial charge in [0, 0.05) is 13.1 Å². The molecule has 4 nitrogen and oxygen atoms in total. The molecule has 0 amide bonds. The van der Waals surface area contributed by atoms with Crippen LogP contribution in [0.25, 0.3) is 0 Å². The van der Waals surface area contributed by atoms with Crippen LogP contribution in [-0.2, 0) is 10.0 Å². The van der Waals surface area contributed by atoms with Crippen molar-refractivity contribution in [3.05, 3.63) is 41.2 Å². The zero-order valence-corrected chi connectivity index (χ0v) is 10.4. The van der Waals surface area contributed by atoms with Gasteiger partial charge >= 0.3 is 0 Å². The van der Waals surface area contributed by atoms with Crippen LogP contribution in [0.5, 0.6) is 0 Å². The normalized spacial score (nSPS) is 12.2. The van der Waals surface area contributed by atoms with Gasteiger partial charge < -0.3 is 5.73 Å². The molecule has 0 aromatic heterocycles. The number of nitrogens with one attached hydrogen (secondary N) is 1. The van der Waals surface area contributed by atoms with E-state index in [1.807, 2.05) is 0 Å². The Morgan fingerprint density at radius 1 is 1.41 bits per heavy atom. The minimum atomic E-state index is -3.73. The summed E-state index contributed by atoms with van der Waals surface area (Å²) in [7, 11) is -3.73. The van der Waals surface area contributed by atoms with Gasteiger partial charge in [0.25, 0.3) is 0 Å². The van der Waals surface area contributed by atoms with Crippen LogP contribution in [-0.4, -0.2) is 21.5 Å². The highest BCUT2D eigenvalue weighted by Gasteiger charge is 2.16. The van der Waals surface area contributed by atoms with Gasteiger partial charge in [-0.05, 0) is 18.2 Å². The Kier molecular flexibility index (Phi) is 5.07. The summed E-state index contributed by atoms with van der Waals surface area (Å²) >= 11 is 5.66. The van der Waals surface area contributed by atoms with E-state index in [0.717, 1.165) is 18.2 Å². The van der Waals surface area contributed by atoms with Crippen molar-refractivity contribution >= 4 is 21.6 Å². The Labute approximate surface area is 104 Å². The van der Waals surface area contributed by atoms with Crippen LogP contribution >= 0.6 is 11.6 Å². The third-order valence-electron chi connectivity index (χ3n) is 1.88. The van der Waals surface area contributed by atoms with Crippen molar-refractivity contribution in [2.75, 3.05) is 13.1 Å². The van der Waals surface area contributed by atoms with Gasteiger partial charge in [0.1, 0.15) is 10.7 Å². The minimum Gasteiger partial charge on any atom is -0.327 e. The van der Waals surface area contributed by atoms with Crippen molar-refractivity contribution in [3.8, 4) is 0 Å². The molecule has 17 heavy (non-hydrogen) atoms. The largest absolute Gasteiger partial charge is 0.327 e. The quantitative estimate of drug-likeness (QED) is 0.797. The molecule has 0 atom stereocenters. The molecular formula is C10H12ClFN2O2S. The van der Waals surface area contributed by atoms with E-state index in [1.54, 1.807) is 12.2 Å². The van der Waals surface area contributed by atoms with Crippen LogP contribution in [0.15, 0.2) is 35.2 Å². The molecule has 3 N–H and O–H groups in total. The summed E-state index contributed by atoms with van der Waals surface area (Å²) in [4.78, 5) is -0.151. The Hall–Kier alpha value is -0.950. The monoisotopic (exact) mass is 278 g/mol. The summed E-state index contributed by atoms with van der Waals surface area (Å²) in [5.74, 6) is -0.586. The molecule has 0 spiro atoms. The van der Waals surface area contributed by atoms with Crippen molar-refractivity contribution in [2.45, 2.75) is 4.90 Å². The number of hydrogen-bond acceptors (Lipinski definition) is 3. The van der Waals surface area contributed by atoms with E-state index < -0.39 is 15.8 Å². The van der Waals surface area contributed by atoms with Crippen molar-refractivity contribution in [1.29, 1.82) is 0 Å². The molecule has 0 bridgehead atoms. The number of nitrogens with two attached hydrogens (primary N) is 1. The van der Waals surface area contributed by atoms with Gasteiger partial charge in [0.15, 0.2) is 0 Å². The van der Waals surface area contributed by atoms with Gasteiger partial charge in [0.05, 0.1) is 5.02 Å². The Morgan fingerprint density at radius 3 is 2.71 bits per heavy atom. The molecule has 0 radical (unpaired) electrons. The van der Waals surface area contributed by atoms with Gasteiger partial charge in [-0.25, -0.2) is 17.5 Å². The Bertz CT molecular complexity index is 517. The van der Waals surface area contributed by atoms with E-state index in [2.05, 4.69) is 4.72 Å². The van der Waals surface area contributed by atoms with Gasteiger partial charge in [-0.3, -0.25) is 0 Å². The molecule has 0 heterocycles. The lowest BCUT2D eigenvalue weighted by Crippen LogP contribution is -2.24. The fourth-order valence-electron chi connectivity index (χ4n) is 1.11. The highest BCUT2D eigenvalue weighted by molar-refractivity contribution is 7.89. The molecule has 0 aliphatic carbocycles. The molecular weight excluding hydrogens is 267 g/mol. The maximum Gasteiger partial charge on any atom is 0.242 e. The van der Waals surface area contributed by atoms with Crippen LogP contribution in [0.4, 0.5) is 4.39 Å². The fraction of sp³-hybridized carbons (Fsp3) is 0.200. The van der Waals surface area contributed by atoms with Crippen molar-refractivity contribution < 1.29 is 12.8 Å². The second-order valence-corrected chi connectivity index (χ2v) is 5.28. The van der Waals surface area contributed by atoms with E-state index in [4.69, 9.17) is 17.3 Å². The molecule has 7 heteroatoms. The summed E-state index contributed by atoms with van der Waals surface area (Å²) in [5, 5.41) is -0.152. The Balaban J connectivity index is 2.86. The number of sulfonamides is 1. The first-order valence-electron chi connectivity index (χ1n) is 4.77. The average Bonchev–Trinajstić information content (AvgIpc) is 2.24. The average molecular weight is 279 g/mol. The first-order valence-corrected chi connectivity index (χ1v) is 6.63. The maximum atomic E-state index is 12.8. The van der Waals surface area contributed by atoms with E-state index in [-0.39, 0.29) is 16.5 Å². The van der Waals surface area contributed by atoms with Gasteiger partial charge in [0.2, 0.25) is 10.0 Å². The predicted molar refractivity (Wildman–Crippen MR) is 64.8 cm³/mol. The van der Waals surface area contributed by atoms with Crippen LogP contribution in [0.2, 0.25) is 5.02 Å². The van der Waals surface area contributed by atoms with E-state index in [1.165, 1.54) is 0 Å². The second-order valence-electron chi connectivity index (χ2n) is 3.13. The third kappa shape index (κ3) is 4.08. The molecule has 0 saturated heterocycles. The van der Waals surface area contributed by atoms with Crippen LogP contribution in [0.1, 0.15) is 0 Å². The molecule has 1 rings (SSSR count). The zero-order valence-electron chi connectivity index (χ0n) is 8.86. The van der Waals surface area contributed by atoms with Crippen LogP contribution < -0.4 is 10.5 Å². The molecule has 94 valence electrons. The molecule has 0 unspecified atom stereocenters. The van der Waals surface area contributed by atoms with Crippen LogP contribution in [0.3, 0.4) is 0 Å². The zero-order chi connectivity index (χ0) is 12.9. The van der Waals surface area contributed by atoms with Crippen molar-refractivity contribution in [3.63, 3.8) is 0 Å². The number of benzene rings is 1. The highest BCUT2D eigenvalue weighted by Crippen LogP contribution is 2.21. The van der Waals surface area contributed by atoms with Gasteiger partial charge in [-0.1, -0.05) is 23.8 Å². The third-order valence-corrected chi connectivity index (χ3v) is 3.78. The predicted octanol–water partition coefficient (Wildman–Crippen LogP) is 1.27. The lowest BCUT2D eigenvalue weighted by atomic mass is 10.3. The summed E-state index contributed by atoms with van der Waals surface area (Å²) < 4.78 is 38.5. The van der Waals surface area contributed by atoms with E-state index in [9.17, 15) is 12.8 Å². The van der Waals surface area contributed by atoms with E-state index in [0.29, 0.717) is 6.54 Å². The smallest absolute Gasteiger partial charge is 0.242 e. The standard InChI is InChI=1S/C10H12ClFN2O2S/c11-9-7-8(12)3-4-10(9)17(15,16)14-6-2-1-5-13/h1-4,7,14H,5-6,13H2/b2-1+. The maximum absolute atomic E-state index is 12.8. The lowest BCUT2D eigenvalue weighted by Gasteiger charge is -2.06. The lowest BCUT2D eigenvalue weighted by molar-refractivity contribution is 0.584. The number of hydrogen-bond donors (Lipinski definition) is 2. The summed E-state index contributed by atoms with van der Waals surface area (Å²) in [6.07, 6.45) is 3.20. The molecule has 0 fully saturated rings. The minimum absolute atomic E-state index is 0.104. The van der Waals surface area contributed by atoms with Crippen molar-refractivity contribution in [2.24, 2.45) is 5.73 Å². The second kappa shape index (κ2) is 6.11. The van der Waals surface area contributed by atoms with Crippen molar-refractivity contribution in [1.82, 2.24) is 4.72 Å². The molecule has 0 aliphatic heterocycles. The molecule has 1 aromatic carbocycles. The van der Waals surface area contributed by atoms with Gasteiger partial charge in [-0.2, -0.15) is 0 Å². The SMILES string of the molecule is NC/C=C/CNS(=O)(=O)c1ccc(F)cc1Cl. The fourth-order valence-corrected chi connectivity index (χ4v) is 2.61. The first kappa shape index (κ1) is 14.1.